The van der Waals surface area contributed by atoms with Crippen LogP contribution >= 0.6 is 0 Å². The molecule has 5 heteroatoms. The van der Waals surface area contributed by atoms with Crippen molar-refractivity contribution in [1.29, 1.82) is 0 Å². The summed E-state index contributed by atoms with van der Waals surface area (Å²) in [5, 5.41) is 2.70. The smallest absolute Gasteiger partial charge is 0.248 e. The van der Waals surface area contributed by atoms with Gasteiger partial charge < -0.3 is 15.0 Å². The quantitative estimate of drug-likeness (QED) is 0.619. The second kappa shape index (κ2) is 5.50. The predicted molar refractivity (Wildman–Crippen MR) is 55.2 cm³/mol. The molecule has 0 atom stereocenters. The maximum Gasteiger partial charge on any atom is 0.248 e. The number of carbonyl (C=O) groups excluding carboxylic acids is 2. The number of hydrogen-bond acceptors (Lipinski definition) is 3. The largest absolute Gasteiger partial charge is 0.375 e. The zero-order valence-electron chi connectivity index (χ0n) is 8.86. The monoisotopic (exact) mass is 212 g/mol. The fraction of sp³-hybridized carbons (Fsp3) is 0.600. The molecule has 0 aromatic heterocycles. The minimum absolute atomic E-state index is 0.00352. The second-order valence-electron chi connectivity index (χ2n) is 3.55. The third-order valence-electron chi connectivity index (χ3n) is 2.33. The Morgan fingerprint density at radius 1 is 1.60 bits per heavy atom. The molecule has 0 saturated carbocycles. The Morgan fingerprint density at radius 3 is 2.80 bits per heavy atom. The molecule has 1 rings (SSSR count). The second-order valence-corrected chi connectivity index (χ2v) is 3.55. The molecule has 1 aliphatic rings. The Bertz CT molecular complexity index is 259. The van der Waals surface area contributed by atoms with Crippen molar-refractivity contribution in [3.63, 3.8) is 0 Å². The van der Waals surface area contributed by atoms with Crippen LogP contribution in [0.2, 0.25) is 0 Å². The first kappa shape index (κ1) is 11.7. The number of likely N-dealkylation sites (tertiary alicyclic amines) is 1. The molecule has 1 heterocycles. The minimum Gasteiger partial charge on any atom is -0.375 e. The van der Waals surface area contributed by atoms with Crippen molar-refractivity contribution < 1.29 is 14.3 Å². The van der Waals surface area contributed by atoms with Gasteiger partial charge in [0.25, 0.3) is 0 Å². The average molecular weight is 212 g/mol. The third-order valence-corrected chi connectivity index (χ3v) is 2.33. The summed E-state index contributed by atoms with van der Waals surface area (Å²) in [6.07, 6.45) is 1.24. The molecule has 0 aliphatic carbocycles. The first-order valence-electron chi connectivity index (χ1n) is 4.84. The number of hydrogen-bond donors (Lipinski definition) is 1. The molecule has 15 heavy (non-hydrogen) atoms. The van der Waals surface area contributed by atoms with Crippen LogP contribution in [-0.4, -0.2) is 50.1 Å². The highest BCUT2D eigenvalue weighted by molar-refractivity contribution is 5.86. The summed E-state index contributed by atoms with van der Waals surface area (Å²) >= 11 is 0. The number of nitrogens with zero attached hydrogens (tertiary/aromatic N) is 1. The van der Waals surface area contributed by atoms with Crippen LogP contribution in [0.4, 0.5) is 0 Å². The summed E-state index contributed by atoms with van der Waals surface area (Å²) in [4.78, 5) is 23.8. The molecule has 5 nitrogen and oxygen atoms in total. The van der Waals surface area contributed by atoms with Crippen molar-refractivity contribution in [3.05, 3.63) is 12.7 Å². The normalized spacial score (nSPS) is 15.7. The van der Waals surface area contributed by atoms with E-state index in [1.54, 1.807) is 4.90 Å². The molecule has 1 N–H and O–H groups in total. The van der Waals surface area contributed by atoms with Crippen molar-refractivity contribution in [2.24, 2.45) is 5.92 Å². The van der Waals surface area contributed by atoms with Gasteiger partial charge in [0, 0.05) is 32.7 Å². The summed E-state index contributed by atoms with van der Waals surface area (Å²) < 4.78 is 4.74. The Kier molecular flexibility index (Phi) is 4.30. The van der Waals surface area contributed by atoms with Crippen LogP contribution in [0.25, 0.3) is 0 Å². The lowest BCUT2D eigenvalue weighted by Gasteiger charge is -2.39. The third kappa shape index (κ3) is 3.36. The number of nitrogens with one attached hydrogen (secondary N) is 1. The molecule has 0 aromatic carbocycles. The zero-order chi connectivity index (χ0) is 11.3. The van der Waals surface area contributed by atoms with Gasteiger partial charge in [-0.05, 0) is 6.08 Å². The van der Waals surface area contributed by atoms with E-state index in [0.29, 0.717) is 25.6 Å². The number of ether oxygens (including phenoxy) is 1. The summed E-state index contributed by atoms with van der Waals surface area (Å²) in [7, 11) is 1.50. The van der Waals surface area contributed by atoms with Gasteiger partial charge in [0.2, 0.25) is 11.8 Å². The van der Waals surface area contributed by atoms with Crippen LogP contribution in [0.1, 0.15) is 0 Å². The van der Waals surface area contributed by atoms with E-state index in [0.717, 1.165) is 0 Å². The van der Waals surface area contributed by atoms with E-state index in [2.05, 4.69) is 11.9 Å². The lowest BCUT2D eigenvalue weighted by molar-refractivity contribution is -0.141. The van der Waals surface area contributed by atoms with Crippen molar-refractivity contribution >= 4 is 11.8 Å². The van der Waals surface area contributed by atoms with Crippen LogP contribution in [0.5, 0.6) is 0 Å². The van der Waals surface area contributed by atoms with E-state index in [4.69, 9.17) is 4.74 Å². The van der Waals surface area contributed by atoms with Crippen LogP contribution in [0.3, 0.4) is 0 Å². The topological polar surface area (TPSA) is 58.6 Å². The molecular weight excluding hydrogens is 196 g/mol. The van der Waals surface area contributed by atoms with E-state index in [9.17, 15) is 9.59 Å². The van der Waals surface area contributed by atoms with Crippen molar-refractivity contribution in [2.75, 3.05) is 33.4 Å². The first-order chi connectivity index (χ1) is 7.17. The minimum atomic E-state index is -0.170. The molecule has 84 valence electrons. The standard InChI is InChI=1S/C10H16N2O3/c1-3-9(13)11-4-8-5-12(6-8)10(14)7-15-2/h3,8H,1,4-7H2,2H3,(H,11,13). The van der Waals surface area contributed by atoms with Crippen LogP contribution in [0.15, 0.2) is 12.7 Å². The van der Waals surface area contributed by atoms with Gasteiger partial charge in [-0.1, -0.05) is 6.58 Å². The Labute approximate surface area is 89.1 Å². The van der Waals surface area contributed by atoms with E-state index in [1.807, 2.05) is 0 Å². The average Bonchev–Trinajstić information content (AvgIpc) is 2.15. The fourth-order valence-corrected chi connectivity index (χ4v) is 1.43. The molecule has 0 aromatic rings. The molecule has 0 bridgehead atoms. The van der Waals surface area contributed by atoms with Crippen LogP contribution in [-0.2, 0) is 14.3 Å². The van der Waals surface area contributed by atoms with E-state index >= 15 is 0 Å². The van der Waals surface area contributed by atoms with Crippen molar-refractivity contribution in [2.45, 2.75) is 0 Å². The van der Waals surface area contributed by atoms with E-state index < -0.39 is 0 Å². The molecule has 0 spiro atoms. The van der Waals surface area contributed by atoms with Crippen LogP contribution < -0.4 is 5.32 Å². The number of rotatable bonds is 5. The number of amides is 2. The van der Waals surface area contributed by atoms with Crippen molar-refractivity contribution in [1.82, 2.24) is 10.2 Å². The van der Waals surface area contributed by atoms with Crippen LogP contribution in [0, 0.1) is 5.92 Å². The molecule has 0 radical (unpaired) electrons. The maximum atomic E-state index is 11.3. The first-order valence-corrected chi connectivity index (χ1v) is 4.84. The van der Waals surface area contributed by atoms with Gasteiger partial charge >= 0.3 is 0 Å². The van der Waals surface area contributed by atoms with Gasteiger partial charge in [-0.3, -0.25) is 9.59 Å². The zero-order valence-corrected chi connectivity index (χ0v) is 8.86. The van der Waals surface area contributed by atoms with Gasteiger partial charge in [0.1, 0.15) is 6.61 Å². The van der Waals surface area contributed by atoms with Gasteiger partial charge in [-0.2, -0.15) is 0 Å². The maximum absolute atomic E-state index is 11.3. The molecule has 1 saturated heterocycles. The van der Waals surface area contributed by atoms with E-state index in [-0.39, 0.29) is 18.4 Å². The summed E-state index contributed by atoms with van der Waals surface area (Å²) in [5.74, 6) is 0.190. The Balaban J connectivity index is 2.12. The summed E-state index contributed by atoms with van der Waals surface area (Å²) in [6.45, 7) is 5.47. The predicted octanol–water partition coefficient (Wildman–Crippen LogP) is -0.607. The van der Waals surface area contributed by atoms with Gasteiger partial charge in [0.15, 0.2) is 0 Å². The lowest BCUT2D eigenvalue weighted by atomic mass is 10.0. The van der Waals surface area contributed by atoms with E-state index in [1.165, 1.54) is 13.2 Å². The molecule has 1 aliphatic heterocycles. The summed E-state index contributed by atoms with van der Waals surface area (Å²) in [6, 6.07) is 0. The molecular formula is C10H16N2O3. The SMILES string of the molecule is C=CC(=O)NCC1CN(C(=O)COC)C1. The fourth-order valence-electron chi connectivity index (χ4n) is 1.43. The molecule has 0 unspecified atom stereocenters. The number of carbonyl (C=O) groups is 2. The molecule has 1 fully saturated rings. The van der Waals surface area contributed by atoms with Crippen molar-refractivity contribution in [3.8, 4) is 0 Å². The van der Waals surface area contributed by atoms with Gasteiger partial charge in [-0.25, -0.2) is 0 Å². The highest BCUT2D eigenvalue weighted by atomic mass is 16.5. The number of methoxy groups -OCH3 is 1. The van der Waals surface area contributed by atoms with Gasteiger partial charge in [-0.15, -0.1) is 0 Å². The highest BCUT2D eigenvalue weighted by Crippen LogP contribution is 2.14. The summed E-state index contributed by atoms with van der Waals surface area (Å²) in [5.41, 5.74) is 0. The van der Waals surface area contributed by atoms with Gasteiger partial charge in [0.05, 0.1) is 0 Å². The Hall–Kier alpha value is -1.36. The molecule has 2 amide bonds. The lowest BCUT2D eigenvalue weighted by Crippen LogP contribution is -2.54. The Morgan fingerprint density at radius 2 is 2.27 bits per heavy atom. The highest BCUT2D eigenvalue weighted by Gasteiger charge is 2.30.